The molecule has 126 valence electrons. The van der Waals surface area contributed by atoms with E-state index in [1.54, 1.807) is 48.5 Å². The molecule has 0 heterocycles. The van der Waals surface area contributed by atoms with Crippen LogP contribution in [0.3, 0.4) is 0 Å². The summed E-state index contributed by atoms with van der Waals surface area (Å²) in [6, 6.07) is 13.2. The Balaban J connectivity index is 1.92. The van der Waals surface area contributed by atoms with Crippen molar-refractivity contribution in [3.8, 4) is 5.75 Å². The lowest BCUT2D eigenvalue weighted by Crippen LogP contribution is -2.29. The zero-order valence-corrected chi connectivity index (χ0v) is 14.2. The van der Waals surface area contributed by atoms with Crippen molar-refractivity contribution >= 4 is 29.2 Å². The molecular formula is C18H18ClNO4. The summed E-state index contributed by atoms with van der Waals surface area (Å²) in [5, 5.41) is 3.23. The molecule has 0 aliphatic rings. The predicted octanol–water partition coefficient (Wildman–Crippen LogP) is 3.92. The number of hydrogen-bond acceptors (Lipinski definition) is 4. The van der Waals surface area contributed by atoms with Gasteiger partial charge in [-0.2, -0.15) is 0 Å². The van der Waals surface area contributed by atoms with Crippen molar-refractivity contribution in [2.75, 3.05) is 11.9 Å². The van der Waals surface area contributed by atoms with E-state index in [4.69, 9.17) is 21.1 Å². The fourth-order valence-electron chi connectivity index (χ4n) is 1.91. The molecule has 6 heteroatoms. The molecule has 2 aromatic rings. The summed E-state index contributed by atoms with van der Waals surface area (Å²) < 4.78 is 10.5. The minimum atomic E-state index is -0.931. The molecule has 5 nitrogen and oxygen atoms in total. The average molecular weight is 348 g/mol. The molecule has 0 radical (unpaired) electrons. The highest BCUT2D eigenvalue weighted by atomic mass is 35.5. The smallest absolute Gasteiger partial charge is 0.338 e. The third-order valence-corrected chi connectivity index (χ3v) is 3.42. The van der Waals surface area contributed by atoms with Crippen LogP contribution in [-0.2, 0) is 9.53 Å². The molecule has 1 atom stereocenters. The van der Waals surface area contributed by atoms with Crippen LogP contribution >= 0.6 is 11.6 Å². The minimum absolute atomic E-state index is 0.351. The molecule has 0 aliphatic heterocycles. The second kappa shape index (κ2) is 8.36. The fraction of sp³-hybridized carbons (Fsp3) is 0.222. The number of esters is 1. The third kappa shape index (κ3) is 4.99. The maximum Gasteiger partial charge on any atom is 0.338 e. The van der Waals surface area contributed by atoms with Crippen LogP contribution in [0.15, 0.2) is 48.5 Å². The largest absolute Gasteiger partial charge is 0.494 e. The SMILES string of the molecule is CCOc1ccc(C(=O)O[C@@H](C)C(=O)Nc2ccc(Cl)cc2)cc1. The van der Waals surface area contributed by atoms with Crippen LogP contribution in [-0.4, -0.2) is 24.6 Å². The monoisotopic (exact) mass is 347 g/mol. The van der Waals surface area contributed by atoms with Crippen LogP contribution in [0.4, 0.5) is 5.69 Å². The lowest BCUT2D eigenvalue weighted by Gasteiger charge is -2.14. The van der Waals surface area contributed by atoms with Gasteiger partial charge in [0.25, 0.3) is 5.91 Å². The Morgan fingerprint density at radius 2 is 1.71 bits per heavy atom. The minimum Gasteiger partial charge on any atom is -0.494 e. The molecule has 0 saturated heterocycles. The zero-order valence-electron chi connectivity index (χ0n) is 13.4. The highest BCUT2D eigenvalue weighted by Crippen LogP contribution is 2.15. The standard InChI is InChI=1S/C18H18ClNO4/c1-3-23-16-10-4-13(5-11-16)18(22)24-12(2)17(21)20-15-8-6-14(19)7-9-15/h4-12H,3H2,1-2H3,(H,20,21)/t12-/m0/s1. The van der Waals surface area contributed by atoms with Crippen LogP contribution in [0.5, 0.6) is 5.75 Å². The van der Waals surface area contributed by atoms with Crippen LogP contribution in [0.25, 0.3) is 0 Å². The van der Waals surface area contributed by atoms with E-state index in [0.29, 0.717) is 28.6 Å². The third-order valence-electron chi connectivity index (χ3n) is 3.17. The quantitative estimate of drug-likeness (QED) is 0.804. The predicted molar refractivity (Wildman–Crippen MR) is 92.6 cm³/mol. The Labute approximate surface area is 145 Å². The van der Waals surface area contributed by atoms with Gasteiger partial charge in [0.15, 0.2) is 6.10 Å². The van der Waals surface area contributed by atoms with E-state index < -0.39 is 18.0 Å². The number of amides is 1. The van der Waals surface area contributed by atoms with Gasteiger partial charge in [-0.15, -0.1) is 0 Å². The van der Waals surface area contributed by atoms with Gasteiger partial charge in [0, 0.05) is 10.7 Å². The van der Waals surface area contributed by atoms with Gasteiger partial charge >= 0.3 is 5.97 Å². The van der Waals surface area contributed by atoms with Crippen molar-refractivity contribution in [3.63, 3.8) is 0 Å². The fourth-order valence-corrected chi connectivity index (χ4v) is 2.04. The Hall–Kier alpha value is -2.53. The van der Waals surface area contributed by atoms with Gasteiger partial charge in [-0.05, 0) is 62.4 Å². The Kier molecular flexibility index (Phi) is 6.21. The number of carbonyl (C=O) groups excluding carboxylic acids is 2. The van der Waals surface area contributed by atoms with Crippen LogP contribution in [0.1, 0.15) is 24.2 Å². The summed E-state index contributed by atoms with van der Waals surface area (Å²) in [6.45, 7) is 3.94. The van der Waals surface area contributed by atoms with Gasteiger partial charge in [-0.3, -0.25) is 4.79 Å². The van der Waals surface area contributed by atoms with Gasteiger partial charge < -0.3 is 14.8 Å². The number of halogens is 1. The molecule has 0 saturated carbocycles. The highest BCUT2D eigenvalue weighted by Gasteiger charge is 2.19. The number of carbonyl (C=O) groups is 2. The number of benzene rings is 2. The lowest BCUT2D eigenvalue weighted by molar-refractivity contribution is -0.123. The molecule has 2 rings (SSSR count). The Morgan fingerprint density at radius 1 is 1.08 bits per heavy atom. The number of nitrogens with one attached hydrogen (secondary N) is 1. The summed E-state index contributed by atoms with van der Waals surface area (Å²) >= 11 is 5.79. The molecule has 1 amide bonds. The Bertz CT molecular complexity index is 698. The van der Waals surface area contributed by atoms with Gasteiger partial charge in [-0.1, -0.05) is 11.6 Å². The first-order valence-electron chi connectivity index (χ1n) is 7.50. The van der Waals surface area contributed by atoms with Crippen LogP contribution in [0, 0.1) is 0 Å². The van der Waals surface area contributed by atoms with Crippen molar-refractivity contribution in [2.45, 2.75) is 20.0 Å². The highest BCUT2D eigenvalue weighted by molar-refractivity contribution is 6.30. The summed E-state index contributed by atoms with van der Waals surface area (Å²) in [6.07, 6.45) is -0.931. The van der Waals surface area contributed by atoms with E-state index in [1.165, 1.54) is 6.92 Å². The second-order valence-electron chi connectivity index (χ2n) is 5.00. The van der Waals surface area contributed by atoms with Crippen molar-refractivity contribution in [2.24, 2.45) is 0 Å². The molecule has 0 aromatic heterocycles. The van der Waals surface area contributed by atoms with Gasteiger partial charge in [0.05, 0.1) is 12.2 Å². The van der Waals surface area contributed by atoms with Gasteiger partial charge in [0.2, 0.25) is 0 Å². The van der Waals surface area contributed by atoms with E-state index in [2.05, 4.69) is 5.32 Å². The van der Waals surface area contributed by atoms with Gasteiger partial charge in [0.1, 0.15) is 5.75 Å². The average Bonchev–Trinajstić information content (AvgIpc) is 2.57. The first-order valence-corrected chi connectivity index (χ1v) is 7.87. The maximum absolute atomic E-state index is 12.1. The number of ether oxygens (including phenoxy) is 2. The Morgan fingerprint density at radius 3 is 2.29 bits per heavy atom. The molecular weight excluding hydrogens is 330 g/mol. The molecule has 0 aliphatic carbocycles. The van der Waals surface area contributed by atoms with Crippen molar-refractivity contribution < 1.29 is 19.1 Å². The molecule has 0 fully saturated rings. The number of anilines is 1. The maximum atomic E-state index is 12.1. The van der Waals surface area contributed by atoms with Crippen LogP contribution in [0.2, 0.25) is 5.02 Å². The zero-order chi connectivity index (χ0) is 17.5. The normalized spacial score (nSPS) is 11.5. The van der Waals surface area contributed by atoms with Crippen LogP contribution < -0.4 is 10.1 Å². The van der Waals surface area contributed by atoms with E-state index in [-0.39, 0.29) is 0 Å². The molecule has 0 spiro atoms. The van der Waals surface area contributed by atoms with Crippen molar-refractivity contribution in [3.05, 3.63) is 59.1 Å². The van der Waals surface area contributed by atoms with Crippen molar-refractivity contribution in [1.82, 2.24) is 0 Å². The van der Waals surface area contributed by atoms with E-state index in [0.717, 1.165) is 0 Å². The summed E-state index contributed by atoms with van der Waals surface area (Å²) in [4.78, 5) is 24.1. The molecule has 24 heavy (non-hydrogen) atoms. The van der Waals surface area contributed by atoms with E-state index in [1.807, 2.05) is 6.92 Å². The van der Waals surface area contributed by atoms with Crippen molar-refractivity contribution in [1.29, 1.82) is 0 Å². The lowest BCUT2D eigenvalue weighted by atomic mass is 10.2. The number of hydrogen-bond donors (Lipinski definition) is 1. The first-order chi connectivity index (χ1) is 11.5. The van der Waals surface area contributed by atoms with E-state index >= 15 is 0 Å². The van der Waals surface area contributed by atoms with E-state index in [9.17, 15) is 9.59 Å². The summed E-state index contributed by atoms with van der Waals surface area (Å²) in [5.74, 6) is -0.323. The molecule has 1 N–H and O–H groups in total. The van der Waals surface area contributed by atoms with Gasteiger partial charge in [-0.25, -0.2) is 4.79 Å². The molecule has 0 bridgehead atoms. The summed E-state index contributed by atoms with van der Waals surface area (Å²) in [5.41, 5.74) is 0.929. The topological polar surface area (TPSA) is 64.6 Å². The second-order valence-corrected chi connectivity index (χ2v) is 5.44. The first kappa shape index (κ1) is 17.8. The number of rotatable bonds is 6. The molecule has 0 unspecified atom stereocenters. The summed E-state index contributed by atoms with van der Waals surface area (Å²) in [7, 11) is 0. The molecule has 2 aromatic carbocycles.